The lowest BCUT2D eigenvalue weighted by atomic mass is 10.2. The second-order valence-electron chi connectivity index (χ2n) is 7.59. The van der Waals surface area contributed by atoms with E-state index in [0.29, 0.717) is 29.7 Å². The SMILES string of the molecule is CCCN(CCC)CCNC(=O)CCS(=O)(=O)c1cc2c(cc1Br)CCN2C(C)=O. The van der Waals surface area contributed by atoms with Crippen molar-refractivity contribution >= 4 is 43.3 Å². The summed E-state index contributed by atoms with van der Waals surface area (Å²) in [7, 11) is -3.67. The maximum atomic E-state index is 12.9. The van der Waals surface area contributed by atoms with Gasteiger partial charge in [0, 0.05) is 43.1 Å². The van der Waals surface area contributed by atoms with Crippen LogP contribution in [0.3, 0.4) is 0 Å². The molecule has 0 saturated carbocycles. The van der Waals surface area contributed by atoms with E-state index in [4.69, 9.17) is 0 Å². The lowest BCUT2D eigenvalue weighted by molar-refractivity contribution is -0.120. The number of halogens is 1. The zero-order valence-corrected chi connectivity index (χ0v) is 20.4. The molecule has 1 aliphatic rings. The fraction of sp³-hybridized carbons (Fsp3) is 0.619. The van der Waals surface area contributed by atoms with E-state index in [9.17, 15) is 18.0 Å². The Morgan fingerprint density at radius 2 is 1.83 bits per heavy atom. The van der Waals surface area contributed by atoms with E-state index in [-0.39, 0.29) is 28.9 Å². The summed E-state index contributed by atoms with van der Waals surface area (Å²) in [5.74, 6) is -0.655. The molecule has 168 valence electrons. The van der Waals surface area contributed by atoms with Gasteiger partial charge in [-0.1, -0.05) is 13.8 Å². The lowest BCUT2D eigenvalue weighted by Gasteiger charge is -2.21. The minimum Gasteiger partial charge on any atom is -0.355 e. The monoisotopic (exact) mass is 501 g/mol. The van der Waals surface area contributed by atoms with Gasteiger partial charge in [-0.05, 0) is 66.0 Å². The molecule has 0 saturated heterocycles. The minimum absolute atomic E-state index is 0.0934. The number of rotatable bonds is 11. The Labute approximate surface area is 188 Å². The summed E-state index contributed by atoms with van der Waals surface area (Å²) >= 11 is 3.35. The van der Waals surface area contributed by atoms with Gasteiger partial charge in [0.15, 0.2) is 9.84 Å². The van der Waals surface area contributed by atoms with Crippen molar-refractivity contribution in [3.05, 3.63) is 22.2 Å². The number of benzene rings is 1. The molecule has 9 heteroatoms. The van der Waals surface area contributed by atoms with Gasteiger partial charge >= 0.3 is 0 Å². The second kappa shape index (κ2) is 11.2. The highest BCUT2D eigenvalue weighted by molar-refractivity contribution is 9.10. The van der Waals surface area contributed by atoms with Crippen LogP contribution < -0.4 is 10.2 Å². The van der Waals surface area contributed by atoms with Crippen molar-refractivity contribution in [2.75, 3.05) is 43.4 Å². The van der Waals surface area contributed by atoms with Gasteiger partial charge in [0.05, 0.1) is 10.6 Å². The molecule has 0 bridgehead atoms. The number of amides is 2. The molecular weight excluding hydrogens is 470 g/mol. The van der Waals surface area contributed by atoms with Crippen molar-refractivity contribution in [3.8, 4) is 0 Å². The van der Waals surface area contributed by atoms with Gasteiger partial charge in [0.2, 0.25) is 11.8 Å². The van der Waals surface area contributed by atoms with Crippen molar-refractivity contribution in [2.24, 2.45) is 0 Å². The Bertz CT molecular complexity index is 867. The van der Waals surface area contributed by atoms with Crippen molar-refractivity contribution in [1.82, 2.24) is 10.2 Å². The van der Waals surface area contributed by atoms with Gasteiger partial charge < -0.3 is 15.1 Å². The van der Waals surface area contributed by atoms with Crippen molar-refractivity contribution in [3.63, 3.8) is 0 Å². The number of nitrogens with one attached hydrogen (secondary N) is 1. The van der Waals surface area contributed by atoms with Crippen LogP contribution in [0.25, 0.3) is 0 Å². The number of anilines is 1. The molecule has 1 heterocycles. The van der Waals surface area contributed by atoms with E-state index in [0.717, 1.165) is 38.0 Å². The molecule has 1 aromatic rings. The summed E-state index contributed by atoms with van der Waals surface area (Å²) in [5.41, 5.74) is 1.58. The Balaban J connectivity index is 1.96. The largest absolute Gasteiger partial charge is 0.355 e. The molecule has 0 atom stereocenters. The van der Waals surface area contributed by atoms with Crippen molar-refractivity contribution < 1.29 is 18.0 Å². The molecular formula is C21H32BrN3O4S. The van der Waals surface area contributed by atoms with Crippen molar-refractivity contribution in [2.45, 2.75) is 51.3 Å². The number of carbonyl (C=O) groups excluding carboxylic acids is 2. The second-order valence-corrected chi connectivity index (χ2v) is 10.5. The Hall–Kier alpha value is -1.45. The molecule has 1 aromatic carbocycles. The van der Waals surface area contributed by atoms with Crippen LogP contribution in [0.4, 0.5) is 5.69 Å². The van der Waals surface area contributed by atoms with Gasteiger partial charge in [0.1, 0.15) is 0 Å². The van der Waals surface area contributed by atoms with E-state index < -0.39 is 9.84 Å². The summed E-state index contributed by atoms with van der Waals surface area (Å²) in [6, 6.07) is 3.32. The van der Waals surface area contributed by atoms with E-state index in [2.05, 4.69) is 40.0 Å². The van der Waals surface area contributed by atoms with E-state index in [1.807, 2.05) is 0 Å². The normalized spacial score (nSPS) is 13.6. The van der Waals surface area contributed by atoms with E-state index in [1.54, 1.807) is 17.0 Å². The first-order valence-electron chi connectivity index (χ1n) is 10.5. The minimum atomic E-state index is -3.67. The quantitative estimate of drug-likeness (QED) is 0.503. The molecule has 0 fully saturated rings. The summed E-state index contributed by atoms with van der Waals surface area (Å²) in [6.07, 6.45) is 2.72. The summed E-state index contributed by atoms with van der Waals surface area (Å²) in [4.78, 5) is 28.0. The average Bonchev–Trinajstić information content (AvgIpc) is 3.09. The molecule has 1 N–H and O–H groups in total. The van der Waals surface area contributed by atoms with Crippen LogP contribution in [-0.4, -0.2) is 63.6 Å². The highest BCUT2D eigenvalue weighted by atomic mass is 79.9. The third-order valence-electron chi connectivity index (χ3n) is 5.17. The number of carbonyl (C=O) groups is 2. The maximum Gasteiger partial charge on any atom is 0.223 e. The topological polar surface area (TPSA) is 86.8 Å². The van der Waals surface area contributed by atoms with Gasteiger partial charge in [-0.25, -0.2) is 8.42 Å². The van der Waals surface area contributed by atoms with Crippen LogP contribution in [0.5, 0.6) is 0 Å². The zero-order chi connectivity index (χ0) is 22.3. The molecule has 0 unspecified atom stereocenters. The number of fused-ring (bicyclic) bond motifs is 1. The Morgan fingerprint density at radius 1 is 1.17 bits per heavy atom. The van der Waals surface area contributed by atoms with Crippen LogP contribution in [-0.2, 0) is 25.8 Å². The fourth-order valence-corrected chi connectivity index (χ4v) is 6.15. The van der Waals surface area contributed by atoms with Crippen LogP contribution in [0.2, 0.25) is 0 Å². The molecule has 0 radical (unpaired) electrons. The predicted octanol–water partition coefficient (Wildman–Crippen LogP) is 2.76. The smallest absolute Gasteiger partial charge is 0.223 e. The highest BCUT2D eigenvalue weighted by Crippen LogP contribution is 2.35. The first kappa shape index (κ1) is 24.8. The van der Waals surface area contributed by atoms with Gasteiger partial charge in [-0.15, -0.1) is 0 Å². The van der Waals surface area contributed by atoms with Crippen LogP contribution in [0, 0.1) is 0 Å². The van der Waals surface area contributed by atoms with Crippen LogP contribution in [0.1, 0.15) is 45.6 Å². The number of sulfone groups is 1. The highest BCUT2D eigenvalue weighted by Gasteiger charge is 2.27. The molecule has 7 nitrogen and oxygen atoms in total. The first-order valence-corrected chi connectivity index (χ1v) is 13.0. The fourth-order valence-electron chi connectivity index (χ4n) is 3.70. The number of nitrogens with zero attached hydrogens (tertiary/aromatic N) is 2. The van der Waals surface area contributed by atoms with Crippen molar-refractivity contribution in [1.29, 1.82) is 0 Å². The van der Waals surface area contributed by atoms with E-state index in [1.165, 1.54) is 6.92 Å². The molecule has 2 amide bonds. The third-order valence-corrected chi connectivity index (χ3v) is 7.84. The van der Waals surface area contributed by atoms with Crippen LogP contribution >= 0.6 is 15.9 Å². The van der Waals surface area contributed by atoms with Gasteiger partial charge in [-0.3, -0.25) is 9.59 Å². The Morgan fingerprint density at radius 3 is 2.43 bits per heavy atom. The predicted molar refractivity (Wildman–Crippen MR) is 123 cm³/mol. The maximum absolute atomic E-state index is 12.9. The molecule has 0 aliphatic carbocycles. The number of hydrogen-bond donors (Lipinski definition) is 1. The zero-order valence-electron chi connectivity index (χ0n) is 18.0. The van der Waals surface area contributed by atoms with Gasteiger partial charge in [-0.2, -0.15) is 0 Å². The average molecular weight is 502 g/mol. The third kappa shape index (κ3) is 6.52. The standard InChI is InChI=1S/C21H32BrN3O4S/c1-4-9-24(10-5-2)12-8-23-21(27)7-13-30(28,29)20-15-19-17(14-18(20)22)6-11-25(19)16(3)26/h14-15H,4-13H2,1-3H3,(H,23,27). The lowest BCUT2D eigenvalue weighted by Crippen LogP contribution is -2.36. The summed E-state index contributed by atoms with van der Waals surface area (Å²) < 4.78 is 26.2. The van der Waals surface area contributed by atoms with Gasteiger partial charge in [0.25, 0.3) is 0 Å². The number of hydrogen-bond acceptors (Lipinski definition) is 5. The summed E-state index contributed by atoms with van der Waals surface area (Å²) in [6.45, 7) is 9.52. The summed E-state index contributed by atoms with van der Waals surface area (Å²) in [5, 5.41) is 2.82. The molecule has 0 spiro atoms. The van der Waals surface area contributed by atoms with Crippen LogP contribution in [0.15, 0.2) is 21.5 Å². The molecule has 2 rings (SSSR count). The molecule has 30 heavy (non-hydrogen) atoms. The molecule has 1 aliphatic heterocycles. The molecule has 0 aromatic heterocycles. The Kier molecular flexibility index (Phi) is 9.31. The first-order chi connectivity index (χ1) is 14.2. The van der Waals surface area contributed by atoms with E-state index >= 15 is 0 Å².